The molecule has 0 N–H and O–H groups in total. The summed E-state index contributed by atoms with van der Waals surface area (Å²) in [5.74, 6) is -0.0571. The van der Waals surface area contributed by atoms with Gasteiger partial charge in [0.25, 0.3) is 0 Å². The number of halogens is 1. The molecule has 1 aromatic rings. The zero-order valence-electron chi connectivity index (χ0n) is 11.1. The molecule has 0 spiro atoms. The van der Waals surface area contributed by atoms with E-state index in [1.165, 1.54) is 6.07 Å². The number of methoxy groups -OCH3 is 1. The number of anilines is 1. The van der Waals surface area contributed by atoms with Crippen molar-refractivity contribution in [3.8, 4) is 0 Å². The Bertz CT molecular complexity index is 393. The molecule has 1 aromatic carbocycles. The molecular formula is C14H20FNO2. The first-order valence-corrected chi connectivity index (χ1v) is 6.07. The lowest BCUT2D eigenvalue weighted by Crippen LogP contribution is -2.32. The summed E-state index contributed by atoms with van der Waals surface area (Å²) in [5, 5.41) is 0. The third-order valence-corrected chi connectivity index (χ3v) is 2.64. The molecule has 0 heterocycles. The summed E-state index contributed by atoms with van der Waals surface area (Å²) in [6, 6.07) is 4.69. The molecule has 4 heteroatoms. The van der Waals surface area contributed by atoms with Crippen LogP contribution in [0.5, 0.6) is 0 Å². The Labute approximate surface area is 108 Å². The van der Waals surface area contributed by atoms with Gasteiger partial charge in [-0.3, -0.25) is 4.79 Å². The van der Waals surface area contributed by atoms with Crippen LogP contribution in [0.3, 0.4) is 0 Å². The van der Waals surface area contributed by atoms with Gasteiger partial charge >= 0.3 is 0 Å². The van der Waals surface area contributed by atoms with Crippen LogP contribution in [0.2, 0.25) is 0 Å². The van der Waals surface area contributed by atoms with Crippen molar-refractivity contribution < 1.29 is 13.9 Å². The first kappa shape index (κ1) is 14.6. The number of ether oxygens (including phenoxy) is 1. The highest BCUT2D eigenvalue weighted by Crippen LogP contribution is 2.22. The van der Waals surface area contributed by atoms with Crippen molar-refractivity contribution in [1.82, 2.24) is 0 Å². The predicted octanol–water partition coefficient (Wildman–Crippen LogP) is 2.75. The highest BCUT2D eigenvalue weighted by molar-refractivity contribution is 5.85. The van der Waals surface area contributed by atoms with Crippen molar-refractivity contribution >= 4 is 12.0 Å². The van der Waals surface area contributed by atoms with E-state index in [1.807, 2.05) is 4.90 Å². The van der Waals surface area contributed by atoms with Crippen LogP contribution < -0.4 is 4.90 Å². The molecule has 3 nitrogen and oxygen atoms in total. The Balaban J connectivity index is 3.03. The molecule has 0 radical (unpaired) electrons. The summed E-state index contributed by atoms with van der Waals surface area (Å²) < 4.78 is 18.6. The topological polar surface area (TPSA) is 29.5 Å². The van der Waals surface area contributed by atoms with Crippen LogP contribution in [0.15, 0.2) is 18.2 Å². The maximum atomic E-state index is 13.6. The molecule has 0 amide bonds. The minimum absolute atomic E-state index is 0.120. The van der Waals surface area contributed by atoms with E-state index in [2.05, 4.69) is 13.8 Å². The number of benzene rings is 1. The number of carbonyl (C=O) groups is 1. The molecule has 18 heavy (non-hydrogen) atoms. The van der Waals surface area contributed by atoms with E-state index in [4.69, 9.17) is 4.74 Å². The van der Waals surface area contributed by atoms with Crippen LogP contribution in [-0.4, -0.2) is 33.1 Å². The first-order chi connectivity index (χ1) is 8.60. The maximum Gasteiger partial charge on any atom is 0.155 e. The summed E-state index contributed by atoms with van der Waals surface area (Å²) in [4.78, 5) is 13.0. The molecule has 0 aliphatic carbocycles. The quantitative estimate of drug-likeness (QED) is 0.700. The second-order valence-electron chi connectivity index (χ2n) is 4.62. The van der Waals surface area contributed by atoms with E-state index in [-0.39, 0.29) is 5.56 Å². The normalized spacial score (nSPS) is 10.7. The third-order valence-electron chi connectivity index (χ3n) is 2.64. The lowest BCUT2D eigenvalue weighted by Gasteiger charge is -2.27. The number of aldehydes is 1. The number of nitrogens with zero attached hydrogens (tertiary/aromatic N) is 1. The van der Waals surface area contributed by atoms with Crippen molar-refractivity contribution in [3.63, 3.8) is 0 Å². The van der Waals surface area contributed by atoms with E-state index in [1.54, 1.807) is 19.2 Å². The lowest BCUT2D eigenvalue weighted by molar-refractivity contribution is 0.112. The molecular weight excluding hydrogens is 233 g/mol. The van der Waals surface area contributed by atoms with Gasteiger partial charge in [-0.05, 0) is 18.1 Å². The first-order valence-electron chi connectivity index (χ1n) is 6.07. The predicted molar refractivity (Wildman–Crippen MR) is 70.7 cm³/mol. The monoisotopic (exact) mass is 253 g/mol. The number of hydrogen-bond acceptors (Lipinski definition) is 3. The summed E-state index contributed by atoms with van der Waals surface area (Å²) in [7, 11) is 1.62. The van der Waals surface area contributed by atoms with Crippen LogP contribution in [0.1, 0.15) is 24.2 Å². The molecule has 0 unspecified atom stereocenters. The van der Waals surface area contributed by atoms with Gasteiger partial charge in [0.05, 0.1) is 17.9 Å². The highest BCUT2D eigenvalue weighted by Gasteiger charge is 2.15. The minimum Gasteiger partial charge on any atom is -0.383 e. The van der Waals surface area contributed by atoms with Gasteiger partial charge in [0.1, 0.15) is 5.82 Å². The molecule has 0 saturated carbocycles. The maximum absolute atomic E-state index is 13.6. The van der Waals surface area contributed by atoms with Gasteiger partial charge < -0.3 is 9.64 Å². The van der Waals surface area contributed by atoms with Crippen molar-refractivity contribution in [2.24, 2.45) is 5.92 Å². The van der Waals surface area contributed by atoms with E-state index < -0.39 is 5.82 Å². The number of rotatable bonds is 7. The van der Waals surface area contributed by atoms with Gasteiger partial charge in [0.2, 0.25) is 0 Å². The molecule has 0 atom stereocenters. The van der Waals surface area contributed by atoms with Crippen molar-refractivity contribution in [1.29, 1.82) is 0 Å². The standard InChI is InChI=1S/C14H20FNO2/c1-11(2)9-16(7-8-18-3)14-6-4-5-13(15)12(14)10-17/h4-6,10-11H,7-9H2,1-3H3. The second kappa shape index (κ2) is 7.11. The molecule has 1 rings (SSSR count). The Kier molecular flexibility index (Phi) is 5.78. The molecule has 0 bridgehead atoms. The lowest BCUT2D eigenvalue weighted by atomic mass is 10.1. The summed E-state index contributed by atoms with van der Waals surface area (Å²) in [6.45, 7) is 6.10. The van der Waals surface area contributed by atoms with Crippen LogP contribution in [0.4, 0.5) is 10.1 Å². The molecule has 0 aliphatic heterocycles. The van der Waals surface area contributed by atoms with Gasteiger partial charge in [0, 0.05) is 20.2 Å². The fourth-order valence-corrected chi connectivity index (χ4v) is 1.87. The fourth-order valence-electron chi connectivity index (χ4n) is 1.87. The minimum atomic E-state index is -0.478. The van der Waals surface area contributed by atoms with Gasteiger partial charge in [-0.2, -0.15) is 0 Å². The van der Waals surface area contributed by atoms with E-state index >= 15 is 0 Å². The molecule has 0 fully saturated rings. The summed E-state index contributed by atoms with van der Waals surface area (Å²) in [5.41, 5.74) is 0.755. The SMILES string of the molecule is COCCN(CC(C)C)c1cccc(F)c1C=O. The highest BCUT2D eigenvalue weighted by atomic mass is 19.1. The number of hydrogen-bond donors (Lipinski definition) is 0. The largest absolute Gasteiger partial charge is 0.383 e. The molecule has 0 aromatic heterocycles. The van der Waals surface area contributed by atoms with Gasteiger partial charge in [-0.25, -0.2) is 4.39 Å². The van der Waals surface area contributed by atoms with E-state index in [9.17, 15) is 9.18 Å². The van der Waals surface area contributed by atoms with Crippen LogP contribution in [-0.2, 0) is 4.74 Å². The zero-order chi connectivity index (χ0) is 13.5. The van der Waals surface area contributed by atoms with Crippen molar-refractivity contribution in [3.05, 3.63) is 29.6 Å². The Hall–Kier alpha value is -1.42. The van der Waals surface area contributed by atoms with Gasteiger partial charge in [-0.15, -0.1) is 0 Å². The average molecular weight is 253 g/mol. The van der Waals surface area contributed by atoms with Crippen molar-refractivity contribution in [2.75, 3.05) is 31.7 Å². The average Bonchev–Trinajstić information content (AvgIpc) is 2.33. The molecule has 0 saturated heterocycles. The smallest absolute Gasteiger partial charge is 0.155 e. The molecule has 100 valence electrons. The zero-order valence-corrected chi connectivity index (χ0v) is 11.1. The summed E-state index contributed by atoms with van der Waals surface area (Å²) >= 11 is 0. The summed E-state index contributed by atoms with van der Waals surface area (Å²) in [6.07, 6.45) is 0.574. The fraction of sp³-hybridized carbons (Fsp3) is 0.500. The Morgan fingerprint density at radius 1 is 1.44 bits per heavy atom. The van der Waals surface area contributed by atoms with E-state index in [0.29, 0.717) is 31.0 Å². The van der Waals surface area contributed by atoms with Crippen molar-refractivity contribution in [2.45, 2.75) is 13.8 Å². The van der Waals surface area contributed by atoms with Gasteiger partial charge in [-0.1, -0.05) is 19.9 Å². The van der Waals surface area contributed by atoms with Crippen LogP contribution in [0.25, 0.3) is 0 Å². The Morgan fingerprint density at radius 2 is 2.17 bits per heavy atom. The Morgan fingerprint density at radius 3 is 2.72 bits per heavy atom. The second-order valence-corrected chi connectivity index (χ2v) is 4.62. The molecule has 0 aliphatic rings. The van der Waals surface area contributed by atoms with Crippen LogP contribution in [0, 0.1) is 11.7 Å². The number of carbonyl (C=O) groups excluding carboxylic acids is 1. The third kappa shape index (κ3) is 3.81. The van der Waals surface area contributed by atoms with Crippen LogP contribution >= 0.6 is 0 Å². The van der Waals surface area contributed by atoms with Gasteiger partial charge in [0.15, 0.2) is 6.29 Å². The van der Waals surface area contributed by atoms with E-state index in [0.717, 1.165) is 6.54 Å².